The molecule has 4 nitrogen and oxygen atoms in total. The Balaban J connectivity index is 2.27. The van der Waals surface area contributed by atoms with Crippen molar-refractivity contribution in [3.05, 3.63) is 16.0 Å². The second-order valence-corrected chi connectivity index (χ2v) is 6.23. The van der Waals surface area contributed by atoms with E-state index in [0.717, 1.165) is 24.2 Å². The number of ether oxygens (including phenoxy) is 1. The van der Waals surface area contributed by atoms with E-state index in [0.29, 0.717) is 23.3 Å². The maximum absolute atomic E-state index is 13.5. The third-order valence-corrected chi connectivity index (χ3v) is 4.61. The summed E-state index contributed by atoms with van der Waals surface area (Å²) in [6.45, 7) is 0. The molecule has 1 aromatic heterocycles. The molecule has 0 aromatic carbocycles. The van der Waals surface area contributed by atoms with Crippen LogP contribution in [0.15, 0.2) is 0 Å². The van der Waals surface area contributed by atoms with Crippen LogP contribution in [0, 0.1) is 11.3 Å². The molecule has 2 rings (SSSR count). The molecular weight excluding hydrogens is 381 g/mol. The molecule has 0 fully saturated rings. The number of carbonyl (C=O) groups is 1. The van der Waals surface area contributed by atoms with Gasteiger partial charge in [-0.3, -0.25) is 4.79 Å². The second-order valence-electron chi connectivity index (χ2n) is 5.12. The first-order valence-corrected chi connectivity index (χ1v) is 7.59. The molecule has 1 aromatic rings. The van der Waals surface area contributed by atoms with Gasteiger partial charge < -0.3 is 5.32 Å². The molecule has 25 heavy (non-hydrogen) atoms. The van der Waals surface area contributed by atoms with Crippen molar-refractivity contribution in [1.29, 1.82) is 5.26 Å². The summed E-state index contributed by atoms with van der Waals surface area (Å²) < 4.78 is 90.6. The monoisotopic (exact) mass is 390 g/mol. The molecule has 0 radical (unpaired) electrons. The van der Waals surface area contributed by atoms with Gasteiger partial charge in [0, 0.05) is 4.88 Å². The third-order valence-electron chi connectivity index (χ3n) is 3.40. The molecule has 12 heteroatoms. The number of anilines is 1. The summed E-state index contributed by atoms with van der Waals surface area (Å²) >= 11 is 0.759. The van der Waals surface area contributed by atoms with E-state index in [4.69, 9.17) is 5.26 Å². The molecule has 138 valence electrons. The van der Waals surface area contributed by atoms with Crippen molar-refractivity contribution in [3.63, 3.8) is 0 Å². The van der Waals surface area contributed by atoms with E-state index in [2.05, 4.69) is 4.74 Å². The van der Waals surface area contributed by atoms with Crippen LogP contribution in [0.25, 0.3) is 0 Å². The number of amides is 1. The van der Waals surface area contributed by atoms with Crippen LogP contribution < -0.4 is 5.32 Å². The average Bonchev–Trinajstić information content (AvgIpc) is 2.81. The van der Waals surface area contributed by atoms with Gasteiger partial charge in [0.15, 0.2) is 0 Å². The van der Waals surface area contributed by atoms with E-state index in [-0.39, 0.29) is 5.56 Å². The number of carbonyl (C=O) groups excluding carboxylic acids is 1. The highest BCUT2D eigenvalue weighted by Gasteiger charge is 2.67. The number of thiophene rings is 1. The first kappa shape index (κ1) is 19.5. The lowest BCUT2D eigenvalue weighted by atomic mass is 9.96. The molecule has 1 amide bonds. The van der Waals surface area contributed by atoms with Gasteiger partial charge >= 0.3 is 24.3 Å². The lowest BCUT2D eigenvalue weighted by Crippen LogP contribution is -2.53. The van der Waals surface area contributed by atoms with E-state index in [1.54, 1.807) is 6.07 Å². The minimum atomic E-state index is -6.11. The molecule has 1 heterocycles. The summed E-state index contributed by atoms with van der Waals surface area (Å²) in [7, 11) is 0. The Labute approximate surface area is 140 Å². The zero-order chi connectivity index (χ0) is 19.0. The van der Waals surface area contributed by atoms with Crippen LogP contribution in [0.3, 0.4) is 0 Å². The van der Waals surface area contributed by atoms with Gasteiger partial charge in [0.25, 0.3) is 0 Å². The predicted molar refractivity (Wildman–Crippen MR) is 71.3 cm³/mol. The number of hydrogen-bond acceptors (Lipinski definition) is 4. The summed E-state index contributed by atoms with van der Waals surface area (Å²) in [6.07, 6.45) is -9.73. The maximum atomic E-state index is 13.5. The normalized spacial score (nSPS) is 15.4. The van der Waals surface area contributed by atoms with Crippen molar-refractivity contribution in [2.45, 2.75) is 44.1 Å². The zero-order valence-corrected chi connectivity index (χ0v) is 13.0. The Morgan fingerprint density at radius 3 is 2.28 bits per heavy atom. The number of rotatable bonds is 4. The van der Waals surface area contributed by atoms with Crippen molar-refractivity contribution in [3.8, 4) is 6.07 Å². The van der Waals surface area contributed by atoms with Crippen LogP contribution in [0.5, 0.6) is 0 Å². The molecule has 0 unspecified atom stereocenters. The third kappa shape index (κ3) is 3.87. The summed E-state index contributed by atoms with van der Waals surface area (Å²) in [5.41, 5.74) is 0.375. The largest absolute Gasteiger partial charge is 0.527 e. The SMILES string of the molecule is N#Cc1c(NC(=O)C(F)(F)C(F)(F)OC(F)(F)F)sc2c1CCCC2. The van der Waals surface area contributed by atoms with Crippen molar-refractivity contribution < 1.29 is 40.3 Å². The molecule has 1 aliphatic carbocycles. The number of nitrogens with one attached hydrogen (secondary N) is 1. The van der Waals surface area contributed by atoms with E-state index in [1.165, 1.54) is 5.32 Å². The van der Waals surface area contributed by atoms with E-state index in [1.807, 2.05) is 0 Å². The minimum absolute atomic E-state index is 0.149. The Morgan fingerprint density at radius 1 is 1.12 bits per heavy atom. The summed E-state index contributed by atoms with van der Waals surface area (Å²) in [6, 6.07) is 1.69. The van der Waals surface area contributed by atoms with Crippen LogP contribution in [-0.2, 0) is 22.4 Å². The van der Waals surface area contributed by atoms with Gasteiger partial charge in [0.05, 0.1) is 5.56 Å². The topological polar surface area (TPSA) is 62.1 Å². The van der Waals surface area contributed by atoms with Crippen LogP contribution in [0.1, 0.15) is 28.8 Å². The number of hydrogen-bond donors (Lipinski definition) is 1. The highest BCUT2D eigenvalue weighted by Crippen LogP contribution is 2.42. The summed E-state index contributed by atoms with van der Waals surface area (Å²) in [4.78, 5) is 12.1. The molecule has 0 atom stereocenters. The van der Waals surface area contributed by atoms with Crippen molar-refractivity contribution >= 4 is 22.2 Å². The maximum Gasteiger partial charge on any atom is 0.527 e. The standard InChI is InChI=1S/C13H9F7N2O2S/c14-11(15,12(16,17)24-13(18,19)20)10(23)22-9-7(5-21)6-3-1-2-4-8(6)25-9/h1-4H2,(H,22,23). The molecule has 0 saturated heterocycles. The van der Waals surface area contributed by atoms with Crippen LogP contribution in [0.4, 0.5) is 35.7 Å². The lowest BCUT2D eigenvalue weighted by molar-refractivity contribution is -0.457. The Kier molecular flexibility index (Phi) is 5.02. The Hall–Kier alpha value is -1.87. The summed E-state index contributed by atoms with van der Waals surface area (Å²) in [5, 5.41) is 10.1. The quantitative estimate of drug-likeness (QED) is 0.784. The van der Waals surface area contributed by atoms with Gasteiger partial charge in [0.1, 0.15) is 11.1 Å². The first-order chi connectivity index (χ1) is 11.4. The molecule has 0 saturated carbocycles. The number of fused-ring (bicyclic) bond motifs is 1. The van der Waals surface area contributed by atoms with Gasteiger partial charge in [0.2, 0.25) is 0 Å². The fraction of sp³-hybridized carbons (Fsp3) is 0.538. The first-order valence-electron chi connectivity index (χ1n) is 6.77. The molecule has 0 aliphatic heterocycles. The highest BCUT2D eigenvalue weighted by molar-refractivity contribution is 7.16. The van der Waals surface area contributed by atoms with Crippen LogP contribution >= 0.6 is 11.3 Å². The van der Waals surface area contributed by atoms with Gasteiger partial charge in [-0.15, -0.1) is 24.5 Å². The van der Waals surface area contributed by atoms with Gasteiger partial charge in [-0.05, 0) is 31.2 Å². The number of nitriles is 1. The molecular formula is C13H9F7N2O2S. The Bertz CT molecular complexity index is 721. The van der Waals surface area contributed by atoms with E-state index in [9.17, 15) is 35.5 Å². The minimum Gasteiger partial charge on any atom is -0.311 e. The number of halogens is 7. The lowest BCUT2D eigenvalue weighted by Gasteiger charge is -2.25. The van der Waals surface area contributed by atoms with E-state index >= 15 is 0 Å². The van der Waals surface area contributed by atoms with Crippen LogP contribution in [-0.4, -0.2) is 24.3 Å². The summed E-state index contributed by atoms with van der Waals surface area (Å²) in [5.74, 6) is -8.50. The van der Waals surface area contributed by atoms with Crippen molar-refractivity contribution in [1.82, 2.24) is 0 Å². The van der Waals surface area contributed by atoms with Gasteiger partial charge in [-0.2, -0.15) is 22.8 Å². The number of aryl methyl sites for hydroxylation is 1. The van der Waals surface area contributed by atoms with Gasteiger partial charge in [-0.1, -0.05) is 0 Å². The number of nitrogens with zero attached hydrogens (tertiary/aromatic N) is 1. The van der Waals surface area contributed by atoms with Crippen LogP contribution in [0.2, 0.25) is 0 Å². The molecule has 1 aliphatic rings. The fourth-order valence-corrected chi connectivity index (χ4v) is 3.53. The van der Waals surface area contributed by atoms with Gasteiger partial charge in [-0.25, -0.2) is 4.74 Å². The average molecular weight is 390 g/mol. The predicted octanol–water partition coefficient (Wildman–Crippen LogP) is 4.20. The molecule has 0 spiro atoms. The second kappa shape index (κ2) is 6.45. The smallest absolute Gasteiger partial charge is 0.311 e. The molecule has 0 bridgehead atoms. The van der Waals surface area contributed by atoms with E-state index < -0.39 is 29.3 Å². The van der Waals surface area contributed by atoms with Crippen molar-refractivity contribution in [2.24, 2.45) is 0 Å². The van der Waals surface area contributed by atoms with Crippen molar-refractivity contribution in [2.75, 3.05) is 5.32 Å². The zero-order valence-electron chi connectivity index (χ0n) is 12.1. The Morgan fingerprint density at radius 2 is 1.72 bits per heavy atom. The fourth-order valence-electron chi connectivity index (χ4n) is 2.30. The number of alkyl halides is 7. The molecule has 1 N–H and O–H groups in total. The highest BCUT2D eigenvalue weighted by atomic mass is 32.1.